The van der Waals surface area contributed by atoms with E-state index in [1.165, 1.54) is 10.9 Å². The van der Waals surface area contributed by atoms with Gasteiger partial charge < -0.3 is 19.3 Å². The highest BCUT2D eigenvalue weighted by molar-refractivity contribution is 5.91. The Bertz CT molecular complexity index is 1060. The number of rotatable bonds is 3. The van der Waals surface area contributed by atoms with Gasteiger partial charge >= 0.3 is 0 Å². The van der Waals surface area contributed by atoms with E-state index >= 15 is 0 Å². The molecule has 1 N–H and O–H groups in total. The zero-order valence-corrected chi connectivity index (χ0v) is 16.2. The van der Waals surface area contributed by atoms with Crippen LogP contribution in [0.25, 0.3) is 22.2 Å². The number of aryl methyl sites for hydroxylation is 1. The molecule has 0 atom stereocenters. The normalized spacial score (nSPS) is 15.2. The van der Waals surface area contributed by atoms with Gasteiger partial charge in [-0.15, -0.1) is 0 Å². The van der Waals surface area contributed by atoms with Crippen LogP contribution in [0.4, 0.5) is 5.82 Å². The first-order chi connectivity index (χ1) is 13.3. The third-order valence-corrected chi connectivity index (χ3v) is 4.88. The van der Waals surface area contributed by atoms with Crippen LogP contribution in [0.15, 0.2) is 35.5 Å². The summed E-state index contributed by atoms with van der Waals surface area (Å²) in [6.07, 6.45) is 3.21. The molecule has 3 aromatic heterocycles. The van der Waals surface area contributed by atoms with Gasteiger partial charge in [0.05, 0.1) is 36.4 Å². The van der Waals surface area contributed by atoms with Gasteiger partial charge in [0.1, 0.15) is 16.8 Å². The van der Waals surface area contributed by atoms with Gasteiger partial charge in [-0.25, -0.2) is 9.97 Å². The molecule has 8 heteroatoms. The molecule has 1 saturated heterocycles. The fourth-order valence-corrected chi connectivity index (χ4v) is 3.26. The molecule has 4 rings (SSSR count). The number of nitrogens with zero attached hydrogens (tertiary/aromatic N) is 5. The molecule has 0 amide bonds. The van der Waals surface area contributed by atoms with E-state index in [4.69, 9.17) is 9.72 Å². The molecule has 4 heterocycles. The summed E-state index contributed by atoms with van der Waals surface area (Å²) < 4.78 is 6.91. The Labute approximate surface area is 162 Å². The maximum atomic E-state index is 12.8. The quantitative estimate of drug-likeness (QED) is 0.734. The zero-order valence-electron chi connectivity index (χ0n) is 16.2. The highest BCUT2D eigenvalue weighted by atomic mass is 16.5. The Hall–Kier alpha value is -2.84. The Kier molecular flexibility index (Phi) is 4.60. The Morgan fingerprint density at radius 2 is 1.93 bits per heavy atom. The van der Waals surface area contributed by atoms with Gasteiger partial charge in [-0.1, -0.05) is 0 Å². The van der Waals surface area contributed by atoms with E-state index in [0.29, 0.717) is 54.4 Å². The van der Waals surface area contributed by atoms with Crippen LogP contribution in [-0.4, -0.2) is 50.9 Å². The molecule has 28 heavy (non-hydrogen) atoms. The van der Waals surface area contributed by atoms with Crippen LogP contribution >= 0.6 is 0 Å². The second-order valence-corrected chi connectivity index (χ2v) is 7.48. The number of aromatic nitrogens is 4. The van der Waals surface area contributed by atoms with Crippen molar-refractivity contribution in [1.29, 1.82) is 0 Å². The largest absolute Gasteiger partial charge is 0.384 e. The first kappa shape index (κ1) is 18.5. The standard InChI is InChI=1S/C20H23N5O3/c1-20(2,27)16-5-4-13(11-21-16)14-10-15-17(19(26)24(3)12-22-15)18(23-14)25-6-8-28-9-7-25/h4-5,10-12,27H,6-9H2,1-3H3. The third kappa shape index (κ3) is 3.36. The summed E-state index contributed by atoms with van der Waals surface area (Å²) in [6, 6.07) is 5.47. The first-order valence-electron chi connectivity index (χ1n) is 9.23. The van der Waals surface area contributed by atoms with Crippen LogP contribution in [0, 0.1) is 0 Å². The summed E-state index contributed by atoms with van der Waals surface area (Å²) >= 11 is 0. The maximum Gasteiger partial charge on any atom is 0.264 e. The summed E-state index contributed by atoms with van der Waals surface area (Å²) in [6.45, 7) is 5.91. The number of hydrogen-bond acceptors (Lipinski definition) is 7. The molecule has 146 valence electrons. The summed E-state index contributed by atoms with van der Waals surface area (Å²) in [5.74, 6) is 0.621. The van der Waals surface area contributed by atoms with Crippen molar-refractivity contribution in [2.24, 2.45) is 7.05 Å². The van der Waals surface area contributed by atoms with Crippen molar-refractivity contribution in [3.63, 3.8) is 0 Å². The second kappa shape index (κ2) is 6.96. The zero-order chi connectivity index (χ0) is 19.9. The van der Waals surface area contributed by atoms with E-state index in [-0.39, 0.29) is 5.56 Å². The van der Waals surface area contributed by atoms with Crippen LogP contribution in [0.3, 0.4) is 0 Å². The molecular formula is C20H23N5O3. The van der Waals surface area contributed by atoms with E-state index < -0.39 is 5.60 Å². The topological polar surface area (TPSA) is 93.4 Å². The molecular weight excluding hydrogens is 358 g/mol. The van der Waals surface area contributed by atoms with Crippen LogP contribution < -0.4 is 10.5 Å². The molecule has 3 aromatic rings. The van der Waals surface area contributed by atoms with Crippen molar-refractivity contribution < 1.29 is 9.84 Å². The predicted octanol–water partition coefficient (Wildman–Crippen LogP) is 1.45. The van der Waals surface area contributed by atoms with Crippen molar-refractivity contribution in [2.75, 3.05) is 31.2 Å². The highest BCUT2D eigenvalue weighted by Crippen LogP contribution is 2.28. The third-order valence-electron chi connectivity index (χ3n) is 4.88. The molecule has 8 nitrogen and oxygen atoms in total. The smallest absolute Gasteiger partial charge is 0.264 e. The Morgan fingerprint density at radius 3 is 2.57 bits per heavy atom. The number of anilines is 1. The van der Waals surface area contributed by atoms with Gasteiger partial charge in [-0.2, -0.15) is 0 Å². The van der Waals surface area contributed by atoms with Gasteiger partial charge in [0.2, 0.25) is 0 Å². The Balaban J connectivity index is 1.88. The van der Waals surface area contributed by atoms with Crippen molar-refractivity contribution in [3.05, 3.63) is 46.8 Å². The van der Waals surface area contributed by atoms with Gasteiger partial charge in [-0.05, 0) is 32.0 Å². The summed E-state index contributed by atoms with van der Waals surface area (Å²) in [5.41, 5.74) is 1.53. The minimum Gasteiger partial charge on any atom is -0.384 e. The molecule has 1 fully saturated rings. The number of aliphatic hydroxyl groups is 1. The van der Waals surface area contributed by atoms with Crippen LogP contribution in [0.5, 0.6) is 0 Å². The summed E-state index contributed by atoms with van der Waals surface area (Å²) in [7, 11) is 1.69. The van der Waals surface area contributed by atoms with Gasteiger partial charge in [0.25, 0.3) is 5.56 Å². The van der Waals surface area contributed by atoms with Crippen molar-refractivity contribution in [2.45, 2.75) is 19.4 Å². The number of fused-ring (bicyclic) bond motifs is 1. The molecule has 0 aliphatic carbocycles. The molecule has 0 radical (unpaired) electrons. The first-order valence-corrected chi connectivity index (χ1v) is 9.23. The van der Waals surface area contributed by atoms with Crippen LogP contribution in [-0.2, 0) is 17.4 Å². The molecule has 1 aliphatic rings. The van der Waals surface area contributed by atoms with Gasteiger partial charge in [0, 0.05) is 31.9 Å². The van der Waals surface area contributed by atoms with E-state index in [0.717, 1.165) is 5.56 Å². The van der Waals surface area contributed by atoms with Crippen LogP contribution in [0.2, 0.25) is 0 Å². The van der Waals surface area contributed by atoms with Gasteiger partial charge in [-0.3, -0.25) is 9.78 Å². The van der Waals surface area contributed by atoms with E-state index in [1.807, 2.05) is 6.07 Å². The molecule has 0 bridgehead atoms. The lowest BCUT2D eigenvalue weighted by molar-refractivity contribution is 0.0739. The monoisotopic (exact) mass is 381 g/mol. The van der Waals surface area contributed by atoms with Crippen molar-refractivity contribution in [3.8, 4) is 11.3 Å². The second-order valence-electron chi connectivity index (χ2n) is 7.48. The number of ether oxygens (including phenoxy) is 1. The molecule has 1 aliphatic heterocycles. The van der Waals surface area contributed by atoms with E-state index in [1.54, 1.807) is 39.2 Å². The number of hydrogen-bond donors (Lipinski definition) is 1. The van der Waals surface area contributed by atoms with Crippen molar-refractivity contribution in [1.82, 2.24) is 19.5 Å². The van der Waals surface area contributed by atoms with Gasteiger partial charge in [0.15, 0.2) is 0 Å². The number of morpholine rings is 1. The summed E-state index contributed by atoms with van der Waals surface area (Å²) in [4.78, 5) is 28.5. The lowest BCUT2D eigenvalue weighted by atomic mass is 10.0. The van der Waals surface area contributed by atoms with E-state index in [9.17, 15) is 9.90 Å². The summed E-state index contributed by atoms with van der Waals surface area (Å²) in [5, 5.41) is 10.6. The molecule has 0 unspecified atom stereocenters. The SMILES string of the molecule is Cn1cnc2cc(-c3ccc(C(C)(C)O)nc3)nc(N3CCOCC3)c2c1=O. The lowest BCUT2D eigenvalue weighted by Crippen LogP contribution is -2.37. The minimum absolute atomic E-state index is 0.124. The maximum absolute atomic E-state index is 12.8. The number of pyridine rings is 2. The van der Waals surface area contributed by atoms with E-state index in [2.05, 4.69) is 14.9 Å². The average molecular weight is 381 g/mol. The average Bonchev–Trinajstić information content (AvgIpc) is 2.70. The van der Waals surface area contributed by atoms with Crippen LogP contribution in [0.1, 0.15) is 19.5 Å². The molecule has 0 saturated carbocycles. The lowest BCUT2D eigenvalue weighted by Gasteiger charge is -2.29. The minimum atomic E-state index is -1.01. The molecule has 0 spiro atoms. The fourth-order valence-electron chi connectivity index (χ4n) is 3.26. The Morgan fingerprint density at radius 1 is 1.18 bits per heavy atom. The fraction of sp³-hybridized carbons (Fsp3) is 0.400. The predicted molar refractivity (Wildman–Crippen MR) is 106 cm³/mol. The molecule has 0 aromatic carbocycles. The highest BCUT2D eigenvalue weighted by Gasteiger charge is 2.21. The van der Waals surface area contributed by atoms with Crippen molar-refractivity contribution >= 4 is 16.7 Å².